The van der Waals surface area contributed by atoms with Crippen molar-refractivity contribution in [2.75, 3.05) is 12.4 Å². The molecule has 0 fully saturated rings. The lowest BCUT2D eigenvalue weighted by Gasteiger charge is -2.21. The van der Waals surface area contributed by atoms with E-state index in [9.17, 15) is 13.5 Å². The van der Waals surface area contributed by atoms with Gasteiger partial charge in [0, 0.05) is 16.8 Å². The molecule has 0 bridgehead atoms. The molecular weight excluding hydrogens is 262 g/mol. The van der Waals surface area contributed by atoms with Gasteiger partial charge in [-0.05, 0) is 17.7 Å². The van der Waals surface area contributed by atoms with Gasteiger partial charge in [0.25, 0.3) is 0 Å². The summed E-state index contributed by atoms with van der Waals surface area (Å²) in [5.74, 6) is -0.0421. The number of hydrogen-bond acceptors (Lipinski definition) is 4. The Labute approximate surface area is 106 Å². The minimum Gasteiger partial charge on any atom is -0.395 e. The van der Waals surface area contributed by atoms with Gasteiger partial charge < -0.3 is 10.8 Å². The molecule has 1 rings (SSSR count). The summed E-state index contributed by atoms with van der Waals surface area (Å²) in [4.78, 5) is 0. The smallest absolute Gasteiger partial charge is 0.157 e. The fourth-order valence-corrected chi connectivity index (χ4v) is 2.95. The first-order valence-electron chi connectivity index (χ1n) is 5.25. The van der Waals surface area contributed by atoms with Crippen molar-refractivity contribution in [1.29, 1.82) is 0 Å². The van der Waals surface area contributed by atoms with Gasteiger partial charge in [0.1, 0.15) is 5.25 Å². The van der Waals surface area contributed by atoms with Gasteiger partial charge in [0.05, 0.1) is 6.61 Å². The van der Waals surface area contributed by atoms with Crippen LogP contribution >= 0.6 is 11.6 Å². The van der Waals surface area contributed by atoms with Crippen LogP contribution in [0.2, 0.25) is 5.02 Å². The number of aliphatic hydroxyl groups is 1. The molecule has 1 aromatic rings. The fraction of sp³-hybridized carbons (Fsp3) is 0.455. The Morgan fingerprint density at radius 1 is 1.35 bits per heavy atom. The normalized spacial score (nSPS) is 15.5. The molecular formula is C11H16ClNO3S. The van der Waals surface area contributed by atoms with E-state index in [1.807, 2.05) is 0 Å². The molecule has 0 amide bonds. The highest BCUT2D eigenvalue weighted by Gasteiger charge is 2.30. The Morgan fingerprint density at radius 3 is 2.29 bits per heavy atom. The molecule has 0 unspecified atom stereocenters. The molecule has 3 N–H and O–H groups in total. The minimum absolute atomic E-state index is 0.0421. The van der Waals surface area contributed by atoms with Crippen LogP contribution in [-0.4, -0.2) is 31.1 Å². The first kappa shape index (κ1) is 14.4. The molecule has 0 radical (unpaired) electrons. The topological polar surface area (TPSA) is 80.4 Å². The Kier molecular flexibility index (Phi) is 4.94. The summed E-state index contributed by atoms with van der Waals surface area (Å²) in [7, 11) is -3.38. The predicted molar refractivity (Wildman–Crippen MR) is 68.7 cm³/mol. The van der Waals surface area contributed by atoms with E-state index in [1.165, 1.54) is 6.92 Å². The summed E-state index contributed by atoms with van der Waals surface area (Å²) in [5.41, 5.74) is 6.52. The van der Waals surface area contributed by atoms with Gasteiger partial charge in [-0.1, -0.05) is 30.7 Å². The zero-order valence-corrected chi connectivity index (χ0v) is 11.1. The zero-order valence-electron chi connectivity index (χ0n) is 9.51. The molecule has 0 saturated carbocycles. The molecule has 0 aliphatic heterocycles. The lowest BCUT2D eigenvalue weighted by molar-refractivity contribution is 0.277. The van der Waals surface area contributed by atoms with E-state index >= 15 is 0 Å². The van der Waals surface area contributed by atoms with E-state index in [2.05, 4.69) is 0 Å². The van der Waals surface area contributed by atoms with Crippen molar-refractivity contribution in [2.24, 2.45) is 5.73 Å². The number of nitrogens with two attached hydrogens (primary N) is 1. The third kappa shape index (κ3) is 3.42. The second-order valence-electron chi connectivity index (χ2n) is 3.75. The number of halogens is 1. The largest absolute Gasteiger partial charge is 0.395 e. The molecule has 0 spiro atoms. The van der Waals surface area contributed by atoms with Crippen LogP contribution < -0.4 is 5.73 Å². The van der Waals surface area contributed by atoms with Crippen molar-refractivity contribution in [3.05, 3.63) is 34.9 Å². The second kappa shape index (κ2) is 5.82. The summed E-state index contributed by atoms with van der Waals surface area (Å²) in [5, 5.41) is 8.77. The Bertz CT molecular complexity index is 458. The highest BCUT2D eigenvalue weighted by Crippen LogP contribution is 2.22. The fourth-order valence-electron chi connectivity index (χ4n) is 1.56. The van der Waals surface area contributed by atoms with E-state index in [-0.39, 0.29) is 5.75 Å². The van der Waals surface area contributed by atoms with Crippen molar-refractivity contribution < 1.29 is 13.5 Å². The lowest BCUT2D eigenvalue weighted by Crippen LogP contribution is -2.37. The number of aliphatic hydroxyl groups excluding tert-OH is 1. The zero-order chi connectivity index (χ0) is 13.1. The molecule has 0 aliphatic rings. The summed E-state index contributed by atoms with van der Waals surface area (Å²) in [6, 6.07) is 5.87. The quantitative estimate of drug-likeness (QED) is 0.846. The lowest BCUT2D eigenvalue weighted by atomic mass is 10.1. The second-order valence-corrected chi connectivity index (χ2v) is 6.69. The third-order valence-electron chi connectivity index (χ3n) is 2.70. The molecule has 1 aromatic carbocycles. The van der Waals surface area contributed by atoms with Crippen LogP contribution in [0.15, 0.2) is 24.3 Å². The molecule has 6 heteroatoms. The van der Waals surface area contributed by atoms with Crippen molar-refractivity contribution in [1.82, 2.24) is 0 Å². The maximum atomic E-state index is 11.7. The van der Waals surface area contributed by atoms with Gasteiger partial charge in [-0.2, -0.15) is 0 Å². The molecule has 0 aliphatic carbocycles. The molecule has 0 saturated heterocycles. The molecule has 2 atom stereocenters. The summed E-state index contributed by atoms with van der Waals surface area (Å²) >= 11 is 5.74. The standard InChI is InChI=1S/C11H16ClNO3S/c1-2-17(15,16)10(7-14)11(13)8-3-5-9(12)6-4-8/h3-6,10-11,14H,2,7,13H2,1H3/t10-,11+/m1/s1. The van der Waals surface area contributed by atoms with Gasteiger partial charge in [-0.3, -0.25) is 0 Å². The molecule has 4 nitrogen and oxygen atoms in total. The van der Waals surface area contributed by atoms with Crippen LogP contribution in [0.3, 0.4) is 0 Å². The maximum Gasteiger partial charge on any atom is 0.157 e. The van der Waals surface area contributed by atoms with Crippen LogP contribution in [0.25, 0.3) is 0 Å². The highest BCUT2D eigenvalue weighted by atomic mass is 35.5. The van der Waals surface area contributed by atoms with Crippen LogP contribution in [0.5, 0.6) is 0 Å². The Morgan fingerprint density at radius 2 is 1.88 bits per heavy atom. The first-order chi connectivity index (χ1) is 7.92. The van der Waals surface area contributed by atoms with E-state index in [1.54, 1.807) is 24.3 Å². The van der Waals surface area contributed by atoms with Crippen LogP contribution in [0, 0.1) is 0 Å². The van der Waals surface area contributed by atoms with Crippen LogP contribution in [0.1, 0.15) is 18.5 Å². The van der Waals surface area contributed by atoms with Gasteiger partial charge in [-0.25, -0.2) is 8.42 Å². The summed E-state index contributed by atoms with van der Waals surface area (Å²) in [6.45, 7) is 1.05. The van der Waals surface area contributed by atoms with E-state index in [0.717, 1.165) is 0 Å². The predicted octanol–water partition coefficient (Wildman–Crippen LogP) is 1.14. The monoisotopic (exact) mass is 277 g/mol. The van der Waals surface area contributed by atoms with E-state index in [4.69, 9.17) is 17.3 Å². The van der Waals surface area contributed by atoms with Gasteiger partial charge in [-0.15, -0.1) is 0 Å². The Balaban J connectivity index is 3.02. The molecule has 0 aromatic heterocycles. The number of sulfone groups is 1. The SMILES string of the molecule is CCS(=O)(=O)[C@H](CO)[C@@H](N)c1ccc(Cl)cc1. The number of hydrogen-bond donors (Lipinski definition) is 2. The summed E-state index contributed by atoms with van der Waals surface area (Å²) in [6.07, 6.45) is 0. The highest BCUT2D eigenvalue weighted by molar-refractivity contribution is 7.92. The van der Waals surface area contributed by atoms with Gasteiger partial charge in [0.15, 0.2) is 9.84 Å². The molecule has 17 heavy (non-hydrogen) atoms. The van der Waals surface area contributed by atoms with Crippen molar-refractivity contribution in [2.45, 2.75) is 18.2 Å². The first-order valence-corrected chi connectivity index (χ1v) is 7.35. The number of benzene rings is 1. The van der Waals surface area contributed by atoms with Crippen molar-refractivity contribution >= 4 is 21.4 Å². The molecule has 96 valence electrons. The van der Waals surface area contributed by atoms with Gasteiger partial charge >= 0.3 is 0 Å². The minimum atomic E-state index is -3.38. The van der Waals surface area contributed by atoms with Crippen molar-refractivity contribution in [3.63, 3.8) is 0 Å². The molecule has 0 heterocycles. The van der Waals surface area contributed by atoms with Gasteiger partial charge in [0.2, 0.25) is 0 Å². The Hall–Kier alpha value is -0.620. The van der Waals surface area contributed by atoms with Crippen LogP contribution in [-0.2, 0) is 9.84 Å². The average Bonchev–Trinajstić information content (AvgIpc) is 2.30. The summed E-state index contributed by atoms with van der Waals surface area (Å²) < 4.78 is 23.5. The van der Waals surface area contributed by atoms with Crippen LogP contribution in [0.4, 0.5) is 0 Å². The van der Waals surface area contributed by atoms with Crippen molar-refractivity contribution in [3.8, 4) is 0 Å². The third-order valence-corrected chi connectivity index (χ3v) is 5.12. The van der Waals surface area contributed by atoms with E-state index in [0.29, 0.717) is 10.6 Å². The van der Waals surface area contributed by atoms with E-state index < -0.39 is 27.7 Å². The maximum absolute atomic E-state index is 11.7. The average molecular weight is 278 g/mol. The number of rotatable bonds is 5.